The Hall–Kier alpha value is -1.40. The van der Waals surface area contributed by atoms with Crippen LogP contribution in [-0.2, 0) is 14.8 Å². The molecule has 0 saturated heterocycles. The van der Waals surface area contributed by atoms with Crippen molar-refractivity contribution in [2.45, 2.75) is 63.3 Å². The predicted octanol–water partition coefficient (Wildman–Crippen LogP) is 2.83. The number of hydrogen-bond acceptors (Lipinski definition) is 3. The standard InChI is InChI=1S/C17H28N2O3S/c1-3-4-5-7-10-15(2)19-17(20)13-14-18-23(21,22)16-11-8-6-9-12-16/h6,8-9,11-12,15,18H,3-5,7,10,13-14H2,1-2H3,(H,19,20). The quantitative estimate of drug-likeness (QED) is 0.608. The fourth-order valence-electron chi connectivity index (χ4n) is 2.28. The number of sulfonamides is 1. The van der Waals surface area contributed by atoms with Gasteiger partial charge < -0.3 is 5.32 Å². The molecule has 0 radical (unpaired) electrons. The van der Waals surface area contributed by atoms with E-state index in [-0.39, 0.29) is 29.8 Å². The van der Waals surface area contributed by atoms with Crippen molar-refractivity contribution >= 4 is 15.9 Å². The van der Waals surface area contributed by atoms with Gasteiger partial charge in [-0.25, -0.2) is 13.1 Å². The van der Waals surface area contributed by atoms with Crippen LogP contribution in [0.15, 0.2) is 35.2 Å². The number of nitrogens with one attached hydrogen (secondary N) is 2. The molecule has 130 valence electrons. The van der Waals surface area contributed by atoms with Gasteiger partial charge in [-0.15, -0.1) is 0 Å². The molecule has 0 saturated carbocycles. The molecule has 2 N–H and O–H groups in total. The topological polar surface area (TPSA) is 75.3 Å². The van der Waals surface area contributed by atoms with Crippen molar-refractivity contribution in [1.82, 2.24) is 10.0 Å². The van der Waals surface area contributed by atoms with Crippen molar-refractivity contribution < 1.29 is 13.2 Å². The number of unbranched alkanes of at least 4 members (excludes halogenated alkanes) is 3. The van der Waals surface area contributed by atoms with Crippen LogP contribution in [0.4, 0.5) is 0 Å². The van der Waals surface area contributed by atoms with Crippen LogP contribution < -0.4 is 10.0 Å². The molecule has 1 amide bonds. The van der Waals surface area contributed by atoms with Crippen LogP contribution in [0, 0.1) is 0 Å². The SMILES string of the molecule is CCCCCCC(C)NC(=O)CCNS(=O)(=O)c1ccccc1. The van der Waals surface area contributed by atoms with Gasteiger partial charge in [0.25, 0.3) is 0 Å². The summed E-state index contributed by atoms with van der Waals surface area (Å²) < 4.78 is 26.4. The van der Waals surface area contributed by atoms with E-state index < -0.39 is 10.0 Å². The molecule has 0 fully saturated rings. The molecule has 5 nitrogen and oxygen atoms in total. The van der Waals surface area contributed by atoms with Gasteiger partial charge in [0, 0.05) is 19.0 Å². The smallest absolute Gasteiger partial charge is 0.240 e. The Morgan fingerprint density at radius 1 is 1.13 bits per heavy atom. The lowest BCUT2D eigenvalue weighted by Gasteiger charge is -2.14. The molecule has 0 aromatic heterocycles. The molecule has 0 spiro atoms. The lowest BCUT2D eigenvalue weighted by molar-refractivity contribution is -0.121. The van der Waals surface area contributed by atoms with Gasteiger partial charge in [-0.3, -0.25) is 4.79 Å². The van der Waals surface area contributed by atoms with E-state index in [1.54, 1.807) is 18.2 Å². The average Bonchev–Trinajstić information content (AvgIpc) is 2.52. The summed E-state index contributed by atoms with van der Waals surface area (Å²) in [6.07, 6.45) is 5.82. The van der Waals surface area contributed by atoms with Crippen LogP contribution >= 0.6 is 0 Å². The van der Waals surface area contributed by atoms with Crippen LogP contribution in [-0.4, -0.2) is 26.9 Å². The van der Waals surface area contributed by atoms with E-state index in [2.05, 4.69) is 17.0 Å². The van der Waals surface area contributed by atoms with Crippen molar-refractivity contribution in [2.24, 2.45) is 0 Å². The predicted molar refractivity (Wildman–Crippen MR) is 92.6 cm³/mol. The van der Waals surface area contributed by atoms with E-state index in [1.807, 2.05) is 6.92 Å². The number of carbonyl (C=O) groups is 1. The van der Waals surface area contributed by atoms with Crippen LogP contribution in [0.3, 0.4) is 0 Å². The second-order valence-corrected chi connectivity index (χ2v) is 7.55. The second kappa shape index (κ2) is 10.4. The molecule has 0 heterocycles. The second-order valence-electron chi connectivity index (χ2n) is 5.78. The maximum Gasteiger partial charge on any atom is 0.240 e. The van der Waals surface area contributed by atoms with E-state index in [4.69, 9.17) is 0 Å². The molecule has 0 bridgehead atoms. The highest BCUT2D eigenvalue weighted by Crippen LogP contribution is 2.07. The fraction of sp³-hybridized carbons (Fsp3) is 0.588. The Bertz CT molecular complexity index is 558. The zero-order chi connectivity index (χ0) is 17.1. The highest BCUT2D eigenvalue weighted by molar-refractivity contribution is 7.89. The van der Waals surface area contributed by atoms with Crippen molar-refractivity contribution in [3.63, 3.8) is 0 Å². The number of carbonyl (C=O) groups excluding carboxylic acids is 1. The fourth-order valence-corrected chi connectivity index (χ4v) is 3.33. The van der Waals surface area contributed by atoms with E-state index in [1.165, 1.54) is 31.4 Å². The summed E-state index contributed by atoms with van der Waals surface area (Å²) in [7, 11) is -3.53. The van der Waals surface area contributed by atoms with Gasteiger partial charge in [-0.1, -0.05) is 50.8 Å². The first-order valence-corrected chi connectivity index (χ1v) is 9.78. The third-order valence-corrected chi connectivity index (χ3v) is 5.07. The zero-order valence-corrected chi connectivity index (χ0v) is 14.9. The molecule has 1 aromatic rings. The van der Waals surface area contributed by atoms with Gasteiger partial charge in [-0.05, 0) is 25.5 Å². The first-order chi connectivity index (χ1) is 11.0. The van der Waals surface area contributed by atoms with Gasteiger partial charge in [0.2, 0.25) is 15.9 Å². The summed E-state index contributed by atoms with van der Waals surface area (Å²) in [5.74, 6) is -0.122. The third kappa shape index (κ3) is 8.13. The summed E-state index contributed by atoms with van der Waals surface area (Å²) in [6, 6.07) is 8.28. The Morgan fingerprint density at radius 3 is 2.48 bits per heavy atom. The van der Waals surface area contributed by atoms with Crippen LogP contribution in [0.5, 0.6) is 0 Å². The highest BCUT2D eigenvalue weighted by Gasteiger charge is 2.14. The minimum absolute atomic E-state index is 0.103. The zero-order valence-electron chi connectivity index (χ0n) is 14.0. The summed E-state index contributed by atoms with van der Waals surface area (Å²) in [4.78, 5) is 12.0. The van der Waals surface area contributed by atoms with Crippen molar-refractivity contribution in [1.29, 1.82) is 0 Å². The largest absolute Gasteiger partial charge is 0.354 e. The molecule has 0 aliphatic heterocycles. The van der Waals surface area contributed by atoms with Gasteiger partial charge in [0.1, 0.15) is 0 Å². The highest BCUT2D eigenvalue weighted by atomic mass is 32.2. The van der Waals surface area contributed by atoms with Crippen molar-refractivity contribution in [3.05, 3.63) is 30.3 Å². The van der Waals surface area contributed by atoms with Crippen molar-refractivity contribution in [3.8, 4) is 0 Å². The van der Waals surface area contributed by atoms with Crippen molar-refractivity contribution in [2.75, 3.05) is 6.54 Å². The molecular weight excluding hydrogens is 312 g/mol. The maximum atomic E-state index is 12.0. The van der Waals surface area contributed by atoms with Gasteiger partial charge in [-0.2, -0.15) is 0 Å². The maximum absolute atomic E-state index is 12.0. The summed E-state index contributed by atoms with van der Waals surface area (Å²) in [5, 5.41) is 2.91. The Morgan fingerprint density at radius 2 is 1.83 bits per heavy atom. The molecule has 1 aromatic carbocycles. The van der Waals surface area contributed by atoms with E-state index in [0.29, 0.717) is 0 Å². The van der Waals surface area contributed by atoms with Crippen LogP contribution in [0.2, 0.25) is 0 Å². The minimum atomic E-state index is -3.53. The molecule has 0 aliphatic rings. The lowest BCUT2D eigenvalue weighted by Crippen LogP contribution is -2.35. The summed E-state index contributed by atoms with van der Waals surface area (Å²) in [6.45, 7) is 4.26. The van der Waals surface area contributed by atoms with E-state index >= 15 is 0 Å². The van der Waals surface area contributed by atoms with E-state index in [9.17, 15) is 13.2 Å². The number of hydrogen-bond donors (Lipinski definition) is 2. The van der Waals surface area contributed by atoms with Gasteiger partial charge in [0.15, 0.2) is 0 Å². The first-order valence-electron chi connectivity index (χ1n) is 8.29. The van der Waals surface area contributed by atoms with Gasteiger partial charge >= 0.3 is 0 Å². The Kier molecular flexibility index (Phi) is 8.87. The molecule has 23 heavy (non-hydrogen) atoms. The molecule has 1 atom stereocenters. The summed E-state index contributed by atoms with van der Waals surface area (Å²) in [5.41, 5.74) is 0. The molecule has 1 rings (SSSR count). The Labute approximate surface area is 139 Å². The minimum Gasteiger partial charge on any atom is -0.354 e. The number of benzene rings is 1. The monoisotopic (exact) mass is 340 g/mol. The molecular formula is C17H28N2O3S. The van der Waals surface area contributed by atoms with Crippen LogP contribution in [0.25, 0.3) is 0 Å². The number of amides is 1. The average molecular weight is 340 g/mol. The Balaban J connectivity index is 2.26. The lowest BCUT2D eigenvalue weighted by atomic mass is 10.1. The first kappa shape index (κ1) is 19.6. The number of rotatable bonds is 11. The molecule has 0 aliphatic carbocycles. The molecule has 1 unspecified atom stereocenters. The van der Waals surface area contributed by atoms with Crippen LogP contribution in [0.1, 0.15) is 52.4 Å². The normalized spacial score (nSPS) is 12.8. The van der Waals surface area contributed by atoms with Gasteiger partial charge in [0.05, 0.1) is 4.90 Å². The summed E-state index contributed by atoms with van der Waals surface area (Å²) >= 11 is 0. The molecule has 6 heteroatoms. The van der Waals surface area contributed by atoms with E-state index in [0.717, 1.165) is 12.8 Å². The third-order valence-electron chi connectivity index (χ3n) is 3.60.